The molecule has 0 fully saturated rings. The largest absolute Gasteiger partial charge is 0.419 e. The van der Waals surface area contributed by atoms with Gasteiger partial charge in [-0.1, -0.05) is 6.07 Å². The van der Waals surface area contributed by atoms with Crippen molar-refractivity contribution in [2.45, 2.75) is 25.9 Å². The standard InChI is InChI=1S/C23H25F3N6O2S/c1-15(33)29-17-8-10-18(11-9-17)30-22-28-14-19(23(24,25)26)20(31-22)12-7-16-6-5-13-27-21(16)32(2)35(3,4)34/h5-6,8-11,13-14H,3,7,12H2,1-2,4H3,(H,29,33)(H,28,30,31). The molecular weight excluding hydrogens is 481 g/mol. The quantitative estimate of drug-likeness (QED) is 0.447. The van der Waals surface area contributed by atoms with Crippen molar-refractivity contribution in [2.24, 2.45) is 0 Å². The van der Waals surface area contributed by atoms with E-state index in [4.69, 9.17) is 0 Å². The summed E-state index contributed by atoms with van der Waals surface area (Å²) in [4.78, 5) is 23.3. The Morgan fingerprint density at radius 2 is 1.77 bits per heavy atom. The molecule has 1 unspecified atom stereocenters. The summed E-state index contributed by atoms with van der Waals surface area (Å²) in [6, 6.07) is 9.95. The molecule has 1 atom stereocenters. The Morgan fingerprint density at radius 3 is 2.37 bits per heavy atom. The zero-order chi connectivity index (χ0) is 25.8. The highest BCUT2D eigenvalue weighted by Crippen LogP contribution is 2.32. The van der Waals surface area contributed by atoms with E-state index in [0.29, 0.717) is 22.8 Å². The van der Waals surface area contributed by atoms with E-state index in [2.05, 4.69) is 31.5 Å². The summed E-state index contributed by atoms with van der Waals surface area (Å²) in [5, 5.41) is 5.51. The van der Waals surface area contributed by atoms with Crippen molar-refractivity contribution in [3.63, 3.8) is 0 Å². The van der Waals surface area contributed by atoms with Gasteiger partial charge in [-0.25, -0.2) is 19.2 Å². The molecule has 1 amide bonds. The molecule has 0 aliphatic rings. The third-order valence-electron chi connectivity index (χ3n) is 5.01. The van der Waals surface area contributed by atoms with Crippen LogP contribution < -0.4 is 14.9 Å². The Labute approximate surface area is 201 Å². The number of nitrogens with one attached hydrogen (secondary N) is 2. The van der Waals surface area contributed by atoms with E-state index in [1.807, 2.05) is 0 Å². The summed E-state index contributed by atoms with van der Waals surface area (Å²) in [6.45, 7) is 1.38. The first-order valence-corrected chi connectivity index (χ1v) is 12.5. The Bertz CT molecular complexity index is 1310. The predicted octanol–water partition coefficient (Wildman–Crippen LogP) is 4.08. The maximum Gasteiger partial charge on any atom is 0.419 e. The molecule has 3 rings (SSSR count). The Hall–Kier alpha value is -3.67. The number of pyridine rings is 1. The molecule has 0 aliphatic heterocycles. The van der Waals surface area contributed by atoms with Crippen LogP contribution in [-0.4, -0.2) is 44.2 Å². The van der Waals surface area contributed by atoms with Crippen LogP contribution in [0.3, 0.4) is 0 Å². The number of benzene rings is 1. The highest BCUT2D eigenvalue weighted by Gasteiger charge is 2.35. The van der Waals surface area contributed by atoms with E-state index in [1.165, 1.54) is 23.7 Å². The van der Waals surface area contributed by atoms with Crippen LogP contribution in [0.1, 0.15) is 23.7 Å². The number of alkyl halides is 3. The average Bonchev–Trinajstić information content (AvgIpc) is 2.77. The van der Waals surface area contributed by atoms with Crippen LogP contribution in [0.2, 0.25) is 0 Å². The van der Waals surface area contributed by atoms with Crippen molar-refractivity contribution in [1.29, 1.82) is 0 Å². The molecule has 0 radical (unpaired) electrons. The van der Waals surface area contributed by atoms with Gasteiger partial charge in [-0.05, 0) is 54.6 Å². The summed E-state index contributed by atoms with van der Waals surface area (Å²) < 4.78 is 54.7. The highest BCUT2D eigenvalue weighted by molar-refractivity contribution is 8.00. The third kappa shape index (κ3) is 6.92. The number of carbonyl (C=O) groups is 1. The van der Waals surface area contributed by atoms with Crippen molar-refractivity contribution in [2.75, 3.05) is 28.2 Å². The normalized spacial score (nSPS) is 13.1. The summed E-state index contributed by atoms with van der Waals surface area (Å²) in [6.07, 6.45) is -0.783. The Morgan fingerprint density at radius 1 is 1.11 bits per heavy atom. The van der Waals surface area contributed by atoms with E-state index in [1.54, 1.807) is 43.4 Å². The van der Waals surface area contributed by atoms with Crippen LogP contribution in [0.4, 0.5) is 36.3 Å². The maximum atomic E-state index is 13.6. The van der Waals surface area contributed by atoms with E-state index >= 15 is 0 Å². The Kier molecular flexibility index (Phi) is 7.64. The third-order valence-corrected chi connectivity index (χ3v) is 6.34. The monoisotopic (exact) mass is 506 g/mol. The molecule has 2 N–H and O–H groups in total. The second kappa shape index (κ2) is 10.3. The molecule has 2 heterocycles. The van der Waals surface area contributed by atoms with Crippen LogP contribution in [0.15, 0.2) is 48.8 Å². The number of rotatable bonds is 8. The Balaban J connectivity index is 1.87. The molecule has 0 spiro atoms. The van der Waals surface area contributed by atoms with Gasteiger partial charge in [0.25, 0.3) is 0 Å². The minimum absolute atomic E-state index is 0.00172. The predicted molar refractivity (Wildman–Crippen MR) is 132 cm³/mol. The van der Waals surface area contributed by atoms with Gasteiger partial charge in [-0.2, -0.15) is 13.2 Å². The number of hydrogen-bond acceptors (Lipinski definition) is 6. The van der Waals surface area contributed by atoms with Crippen molar-refractivity contribution in [3.8, 4) is 0 Å². The number of aryl methyl sites for hydroxylation is 2. The number of nitrogens with zero attached hydrogens (tertiary/aromatic N) is 4. The molecule has 2 aromatic heterocycles. The molecule has 186 valence electrons. The van der Waals surface area contributed by atoms with Crippen molar-refractivity contribution >= 4 is 44.6 Å². The summed E-state index contributed by atoms with van der Waals surface area (Å²) in [5.41, 5.74) is 0.609. The lowest BCUT2D eigenvalue weighted by Gasteiger charge is -2.22. The lowest BCUT2D eigenvalue weighted by Crippen LogP contribution is -2.26. The fourth-order valence-electron chi connectivity index (χ4n) is 3.22. The zero-order valence-electron chi connectivity index (χ0n) is 19.4. The minimum atomic E-state index is -4.63. The molecule has 12 heteroatoms. The van der Waals surface area contributed by atoms with Crippen molar-refractivity contribution in [1.82, 2.24) is 15.0 Å². The van der Waals surface area contributed by atoms with Crippen LogP contribution in [0.25, 0.3) is 0 Å². The molecule has 0 saturated carbocycles. The molecule has 0 saturated heterocycles. The first-order valence-electron chi connectivity index (χ1n) is 10.4. The number of hydrogen-bond donors (Lipinski definition) is 2. The summed E-state index contributed by atoms with van der Waals surface area (Å²) in [7, 11) is -1.04. The molecule has 35 heavy (non-hydrogen) atoms. The number of aromatic nitrogens is 3. The van der Waals surface area contributed by atoms with Crippen LogP contribution in [-0.2, 0) is 33.5 Å². The van der Waals surface area contributed by atoms with E-state index in [-0.39, 0.29) is 30.4 Å². The van der Waals surface area contributed by atoms with Crippen molar-refractivity contribution < 1.29 is 22.2 Å². The smallest absolute Gasteiger partial charge is 0.326 e. The fraction of sp³-hybridized carbons (Fsp3) is 0.261. The number of amides is 1. The molecule has 8 nitrogen and oxygen atoms in total. The topological polar surface area (TPSA) is 100 Å². The molecular formula is C23H25F3N6O2S. The molecule has 3 aromatic rings. The zero-order valence-corrected chi connectivity index (χ0v) is 20.2. The first kappa shape index (κ1) is 25.9. The van der Waals surface area contributed by atoms with Gasteiger partial charge >= 0.3 is 6.18 Å². The number of halogens is 3. The highest BCUT2D eigenvalue weighted by atomic mass is 32.2. The van der Waals surface area contributed by atoms with Gasteiger partial charge in [-0.3, -0.25) is 9.10 Å². The SMILES string of the molecule is C=S(C)(=O)N(C)c1ncccc1CCc1nc(Nc2ccc(NC(C)=O)cc2)ncc1C(F)(F)F. The van der Waals surface area contributed by atoms with Crippen molar-refractivity contribution in [3.05, 3.63) is 65.6 Å². The minimum Gasteiger partial charge on any atom is -0.326 e. The maximum absolute atomic E-state index is 13.6. The lowest BCUT2D eigenvalue weighted by molar-refractivity contribution is -0.138. The van der Waals surface area contributed by atoms with E-state index < -0.39 is 21.4 Å². The number of anilines is 4. The summed E-state index contributed by atoms with van der Waals surface area (Å²) in [5.74, 6) is 3.80. The van der Waals surface area contributed by atoms with Crippen LogP contribution in [0, 0.1) is 0 Å². The van der Waals surface area contributed by atoms with Gasteiger partial charge < -0.3 is 10.6 Å². The molecule has 0 aliphatic carbocycles. The fourth-order valence-corrected chi connectivity index (χ4v) is 3.75. The molecule has 1 aromatic carbocycles. The van der Waals surface area contributed by atoms with E-state index in [0.717, 1.165) is 6.20 Å². The second-order valence-corrected chi connectivity index (χ2v) is 10.3. The second-order valence-electron chi connectivity index (χ2n) is 7.88. The van der Waals surface area contributed by atoms with Gasteiger partial charge in [0.1, 0.15) is 5.82 Å². The summed E-state index contributed by atoms with van der Waals surface area (Å²) >= 11 is 0. The van der Waals surface area contributed by atoms with Gasteiger partial charge in [0.05, 0.1) is 11.3 Å². The van der Waals surface area contributed by atoms with E-state index in [9.17, 15) is 22.2 Å². The lowest BCUT2D eigenvalue weighted by atomic mass is 10.1. The van der Waals surface area contributed by atoms with Crippen LogP contribution in [0.5, 0.6) is 0 Å². The van der Waals surface area contributed by atoms with Gasteiger partial charge in [0, 0.05) is 53.7 Å². The first-order chi connectivity index (χ1) is 16.3. The average molecular weight is 507 g/mol. The van der Waals surface area contributed by atoms with Gasteiger partial charge in [-0.15, -0.1) is 0 Å². The number of carbonyl (C=O) groups excluding carboxylic acids is 1. The van der Waals surface area contributed by atoms with Gasteiger partial charge in [0.2, 0.25) is 11.9 Å². The van der Waals surface area contributed by atoms with Crippen LogP contribution >= 0.6 is 0 Å². The van der Waals surface area contributed by atoms with Gasteiger partial charge in [0.15, 0.2) is 0 Å². The molecule has 0 bridgehead atoms.